The molecule has 3 heteroatoms. The predicted octanol–water partition coefficient (Wildman–Crippen LogP) is 4.09. The summed E-state index contributed by atoms with van der Waals surface area (Å²) in [5.41, 5.74) is 0.489. The van der Waals surface area contributed by atoms with Crippen molar-refractivity contribution in [1.82, 2.24) is 0 Å². The molecule has 0 N–H and O–H groups in total. The fourth-order valence-electron chi connectivity index (χ4n) is 1.86. The average Bonchev–Trinajstić information content (AvgIpc) is 2.31. The zero-order valence-electron chi connectivity index (χ0n) is 9.00. The van der Waals surface area contributed by atoms with Crippen LogP contribution in [0.1, 0.15) is 37.7 Å². The molecule has 1 aromatic carbocycles. The van der Waals surface area contributed by atoms with E-state index in [4.69, 9.17) is 21.6 Å². The molecule has 1 fully saturated rings. The fraction of sp³-hybridized carbons (Fsp3) is 0.385. The Balaban J connectivity index is 2.04. The van der Waals surface area contributed by atoms with E-state index in [2.05, 4.69) is 0 Å². The Morgan fingerprint density at radius 1 is 1.19 bits per heavy atom. The van der Waals surface area contributed by atoms with Crippen LogP contribution in [0.5, 0.6) is 5.75 Å². The summed E-state index contributed by atoms with van der Waals surface area (Å²) in [5.74, 6) is 0.737. The monoisotopic (exact) mass is 234 g/mol. The average molecular weight is 235 g/mol. The van der Waals surface area contributed by atoms with Gasteiger partial charge in [-0.2, -0.15) is 5.26 Å². The van der Waals surface area contributed by atoms with Crippen molar-refractivity contribution in [2.45, 2.75) is 32.1 Å². The molecule has 1 radical (unpaired) electrons. The van der Waals surface area contributed by atoms with Crippen LogP contribution in [-0.4, -0.2) is 0 Å². The van der Waals surface area contributed by atoms with E-state index in [9.17, 15) is 0 Å². The van der Waals surface area contributed by atoms with Crippen LogP contribution in [0.4, 0.5) is 0 Å². The van der Waals surface area contributed by atoms with Gasteiger partial charge in [0.1, 0.15) is 17.9 Å². The van der Waals surface area contributed by atoms with Gasteiger partial charge in [0, 0.05) is 6.07 Å². The lowest BCUT2D eigenvalue weighted by Crippen LogP contribution is -2.10. The van der Waals surface area contributed by atoms with E-state index in [-0.39, 0.29) is 0 Å². The normalized spacial score (nSPS) is 16.8. The zero-order chi connectivity index (χ0) is 11.4. The minimum Gasteiger partial charge on any atom is -0.483 e. The van der Waals surface area contributed by atoms with Gasteiger partial charge < -0.3 is 4.74 Å². The molecule has 0 aliphatic heterocycles. The largest absolute Gasteiger partial charge is 0.483 e. The summed E-state index contributed by atoms with van der Waals surface area (Å²) in [7, 11) is 0. The van der Waals surface area contributed by atoms with Gasteiger partial charge in [0.05, 0.1) is 10.6 Å². The zero-order valence-corrected chi connectivity index (χ0v) is 9.76. The lowest BCUT2D eigenvalue weighted by Gasteiger charge is -2.21. The number of nitriles is 1. The first-order chi connectivity index (χ1) is 7.79. The van der Waals surface area contributed by atoms with Gasteiger partial charge in [-0.3, -0.25) is 0 Å². The smallest absolute Gasteiger partial charge is 0.148 e. The summed E-state index contributed by atoms with van der Waals surface area (Å²) in [4.78, 5) is 0. The molecule has 0 unspecified atom stereocenters. The second-order valence-electron chi connectivity index (χ2n) is 3.95. The third kappa shape index (κ3) is 2.68. The van der Waals surface area contributed by atoms with E-state index in [0.29, 0.717) is 10.6 Å². The molecule has 0 spiro atoms. The molecule has 2 nitrogen and oxygen atoms in total. The highest BCUT2D eigenvalue weighted by Gasteiger charge is 2.16. The lowest BCUT2D eigenvalue weighted by molar-refractivity contribution is 0.259. The molecule has 83 valence electrons. The Bertz CT molecular complexity index is 405. The molecule has 1 saturated carbocycles. The van der Waals surface area contributed by atoms with Gasteiger partial charge in [0.15, 0.2) is 0 Å². The third-order valence-corrected chi connectivity index (χ3v) is 3.05. The number of ether oxygens (including phenoxy) is 1. The highest BCUT2D eigenvalue weighted by Crippen LogP contribution is 2.30. The third-order valence-electron chi connectivity index (χ3n) is 2.73. The Labute approximate surface area is 101 Å². The maximum Gasteiger partial charge on any atom is 0.148 e. The van der Waals surface area contributed by atoms with Gasteiger partial charge in [0.25, 0.3) is 0 Å². The van der Waals surface area contributed by atoms with Crippen LogP contribution in [0.3, 0.4) is 0 Å². The van der Waals surface area contributed by atoms with E-state index in [1.807, 2.05) is 6.07 Å². The topological polar surface area (TPSA) is 33.0 Å². The minimum absolute atomic E-state index is 0.455. The molecule has 0 bridgehead atoms. The maximum atomic E-state index is 8.75. The van der Waals surface area contributed by atoms with Crippen LogP contribution in [-0.2, 0) is 0 Å². The first kappa shape index (κ1) is 11.3. The molecule has 0 heterocycles. The van der Waals surface area contributed by atoms with Crippen molar-refractivity contribution in [2.24, 2.45) is 0 Å². The van der Waals surface area contributed by atoms with Crippen molar-refractivity contribution >= 4 is 11.6 Å². The molecule has 16 heavy (non-hydrogen) atoms. The molecule has 0 atom stereocenters. The molecule has 1 aromatic rings. The van der Waals surface area contributed by atoms with E-state index in [0.717, 1.165) is 24.7 Å². The SMILES string of the molecule is N#Cc1ccc(O[C]2CCCCC2)cc1Cl. The van der Waals surface area contributed by atoms with Gasteiger partial charge in [-0.05, 0) is 37.8 Å². The number of halogens is 1. The Kier molecular flexibility index (Phi) is 3.69. The Hall–Kier alpha value is -1.20. The molecule has 1 aliphatic carbocycles. The van der Waals surface area contributed by atoms with Gasteiger partial charge in [-0.15, -0.1) is 0 Å². The van der Waals surface area contributed by atoms with Crippen LogP contribution < -0.4 is 4.74 Å². The van der Waals surface area contributed by atoms with Crippen molar-refractivity contribution in [2.75, 3.05) is 0 Å². The first-order valence-electron chi connectivity index (χ1n) is 5.52. The molecular formula is C13H13ClNO. The molecule has 0 aromatic heterocycles. The standard InChI is InChI=1S/C13H13ClNO/c14-13-8-12(7-6-10(13)9-15)16-11-4-2-1-3-5-11/h6-8H,1-5H2. The Morgan fingerprint density at radius 2 is 1.94 bits per heavy atom. The number of benzene rings is 1. The number of rotatable bonds is 2. The molecule has 0 saturated heterocycles. The van der Waals surface area contributed by atoms with Crippen molar-refractivity contribution in [1.29, 1.82) is 5.26 Å². The van der Waals surface area contributed by atoms with Crippen molar-refractivity contribution in [3.05, 3.63) is 34.9 Å². The Morgan fingerprint density at radius 3 is 2.56 bits per heavy atom. The lowest BCUT2D eigenvalue weighted by atomic mass is 9.98. The first-order valence-corrected chi connectivity index (χ1v) is 5.89. The fourth-order valence-corrected chi connectivity index (χ4v) is 2.08. The van der Waals surface area contributed by atoms with Crippen LogP contribution in [0.25, 0.3) is 0 Å². The van der Waals surface area contributed by atoms with Crippen LogP contribution >= 0.6 is 11.6 Å². The summed E-state index contributed by atoms with van der Waals surface area (Å²) >= 11 is 5.94. The second-order valence-corrected chi connectivity index (χ2v) is 4.36. The summed E-state index contributed by atoms with van der Waals surface area (Å²) in [6, 6.07) is 7.23. The van der Waals surface area contributed by atoms with Gasteiger partial charge in [-0.25, -0.2) is 0 Å². The summed E-state index contributed by atoms with van der Waals surface area (Å²) in [6.45, 7) is 0. The molecule has 2 rings (SSSR count). The van der Waals surface area contributed by atoms with Gasteiger partial charge in [0.2, 0.25) is 0 Å². The minimum atomic E-state index is 0.455. The predicted molar refractivity (Wildman–Crippen MR) is 63.1 cm³/mol. The quantitative estimate of drug-likeness (QED) is 0.772. The van der Waals surface area contributed by atoms with Gasteiger partial charge in [-0.1, -0.05) is 18.0 Å². The van der Waals surface area contributed by atoms with E-state index in [1.165, 1.54) is 19.3 Å². The summed E-state index contributed by atoms with van der Waals surface area (Å²) in [6.07, 6.45) is 6.92. The van der Waals surface area contributed by atoms with Crippen molar-refractivity contribution in [3.8, 4) is 11.8 Å². The number of hydrogen-bond donors (Lipinski definition) is 0. The maximum absolute atomic E-state index is 8.75. The van der Waals surface area contributed by atoms with Crippen LogP contribution in [0.2, 0.25) is 5.02 Å². The summed E-state index contributed by atoms with van der Waals surface area (Å²) < 4.78 is 5.76. The number of hydrogen-bond acceptors (Lipinski definition) is 2. The molecular weight excluding hydrogens is 222 g/mol. The van der Waals surface area contributed by atoms with Gasteiger partial charge >= 0.3 is 0 Å². The second kappa shape index (κ2) is 5.23. The highest BCUT2D eigenvalue weighted by molar-refractivity contribution is 6.31. The molecule has 1 aliphatic rings. The van der Waals surface area contributed by atoms with Crippen LogP contribution in [0, 0.1) is 17.4 Å². The van der Waals surface area contributed by atoms with E-state index < -0.39 is 0 Å². The van der Waals surface area contributed by atoms with E-state index >= 15 is 0 Å². The highest BCUT2D eigenvalue weighted by atomic mass is 35.5. The van der Waals surface area contributed by atoms with Crippen molar-refractivity contribution in [3.63, 3.8) is 0 Å². The van der Waals surface area contributed by atoms with E-state index in [1.54, 1.807) is 18.2 Å². The summed E-state index contributed by atoms with van der Waals surface area (Å²) in [5, 5.41) is 9.21. The van der Waals surface area contributed by atoms with Crippen LogP contribution in [0.15, 0.2) is 18.2 Å². The van der Waals surface area contributed by atoms with Crippen molar-refractivity contribution < 1.29 is 4.74 Å². The number of nitrogens with zero attached hydrogens (tertiary/aromatic N) is 1. The molecule has 0 amide bonds.